The van der Waals surface area contributed by atoms with Crippen molar-refractivity contribution in [3.63, 3.8) is 0 Å². The van der Waals surface area contributed by atoms with Gasteiger partial charge in [0.25, 0.3) is 11.1 Å². The number of rotatable bonds is 5. The summed E-state index contributed by atoms with van der Waals surface area (Å²) in [7, 11) is 0. The Balaban J connectivity index is 1.59. The molecule has 1 aliphatic rings. The molecule has 3 nitrogen and oxygen atoms in total. The molecule has 3 aromatic carbocycles. The van der Waals surface area contributed by atoms with Crippen LogP contribution in [0.2, 0.25) is 15.1 Å². The Labute approximate surface area is 203 Å². The molecular formula is C23H14Cl3NO2S2. The highest BCUT2D eigenvalue weighted by atomic mass is 35.5. The minimum atomic E-state index is -0.364. The average molecular weight is 507 g/mol. The van der Waals surface area contributed by atoms with Crippen molar-refractivity contribution in [2.75, 3.05) is 0 Å². The maximum absolute atomic E-state index is 13.0. The molecule has 8 heteroatoms. The van der Waals surface area contributed by atoms with Crippen molar-refractivity contribution in [3.05, 3.63) is 97.8 Å². The van der Waals surface area contributed by atoms with E-state index < -0.39 is 0 Å². The molecule has 156 valence electrons. The van der Waals surface area contributed by atoms with Crippen molar-refractivity contribution < 1.29 is 9.59 Å². The number of nitrogens with zero attached hydrogens (tertiary/aromatic N) is 1. The topological polar surface area (TPSA) is 37.4 Å². The van der Waals surface area contributed by atoms with Gasteiger partial charge in [0.1, 0.15) is 0 Å². The van der Waals surface area contributed by atoms with Crippen molar-refractivity contribution in [1.29, 1.82) is 0 Å². The van der Waals surface area contributed by atoms with Crippen LogP contribution in [0.5, 0.6) is 0 Å². The number of benzene rings is 3. The van der Waals surface area contributed by atoms with Crippen LogP contribution in [-0.2, 0) is 11.3 Å². The molecule has 1 heterocycles. The fourth-order valence-corrected chi connectivity index (χ4v) is 5.33. The molecule has 0 radical (unpaired) electrons. The molecule has 4 rings (SSSR count). The van der Waals surface area contributed by atoms with Gasteiger partial charge in [-0.3, -0.25) is 14.5 Å². The van der Waals surface area contributed by atoms with Crippen molar-refractivity contribution >= 4 is 75.5 Å². The van der Waals surface area contributed by atoms with E-state index in [1.807, 2.05) is 48.5 Å². The summed E-state index contributed by atoms with van der Waals surface area (Å²) in [5.41, 5.74) is 1.40. The predicted molar refractivity (Wildman–Crippen MR) is 130 cm³/mol. The second kappa shape index (κ2) is 9.72. The lowest BCUT2D eigenvalue weighted by molar-refractivity contribution is -0.123. The zero-order chi connectivity index (χ0) is 22.0. The molecule has 3 aromatic rings. The first-order chi connectivity index (χ1) is 14.9. The van der Waals surface area contributed by atoms with E-state index in [0.717, 1.165) is 27.1 Å². The first-order valence-corrected chi connectivity index (χ1v) is 11.9. The minimum absolute atomic E-state index is 0.0294. The Kier molecular flexibility index (Phi) is 6.99. The summed E-state index contributed by atoms with van der Waals surface area (Å²) in [5.74, 6) is -0.364. The summed E-state index contributed by atoms with van der Waals surface area (Å²) in [4.78, 5) is 29.0. The Morgan fingerprint density at radius 3 is 2.26 bits per heavy atom. The van der Waals surface area contributed by atoms with Gasteiger partial charge in [-0.2, -0.15) is 0 Å². The van der Waals surface area contributed by atoms with Crippen molar-refractivity contribution in [2.24, 2.45) is 0 Å². The third-order valence-corrected chi connectivity index (χ3v) is 7.47. The van der Waals surface area contributed by atoms with E-state index >= 15 is 0 Å². The number of carbonyl (C=O) groups is 2. The van der Waals surface area contributed by atoms with E-state index in [1.54, 1.807) is 36.0 Å². The van der Waals surface area contributed by atoms with Gasteiger partial charge in [0, 0.05) is 30.4 Å². The van der Waals surface area contributed by atoms with E-state index in [9.17, 15) is 9.59 Å². The van der Waals surface area contributed by atoms with Gasteiger partial charge in [0.15, 0.2) is 0 Å². The van der Waals surface area contributed by atoms with Crippen LogP contribution in [0.15, 0.2) is 81.4 Å². The molecule has 2 amide bonds. The van der Waals surface area contributed by atoms with Gasteiger partial charge in [-0.1, -0.05) is 70.8 Å². The molecule has 0 aromatic heterocycles. The normalized spacial score (nSPS) is 15.2. The van der Waals surface area contributed by atoms with Gasteiger partial charge in [0.2, 0.25) is 0 Å². The molecule has 0 unspecified atom stereocenters. The number of thioether (sulfide) groups is 1. The summed E-state index contributed by atoms with van der Waals surface area (Å²) in [5, 5.41) is 1.15. The second-order valence-electron chi connectivity index (χ2n) is 6.56. The third-order valence-electron chi connectivity index (χ3n) is 4.50. The van der Waals surface area contributed by atoms with Crippen LogP contribution >= 0.6 is 58.3 Å². The maximum atomic E-state index is 13.0. The van der Waals surface area contributed by atoms with E-state index in [2.05, 4.69) is 0 Å². The van der Waals surface area contributed by atoms with Gasteiger partial charge in [-0.05, 0) is 65.9 Å². The SMILES string of the molecule is O=C1S/C(=C\c2ccccc2Sc2ccc(Cl)cc2)C(=O)N1Cc1c(Cl)cccc1Cl. The highest BCUT2D eigenvalue weighted by Gasteiger charge is 2.35. The Morgan fingerprint density at radius 2 is 1.55 bits per heavy atom. The fraction of sp³-hybridized carbons (Fsp3) is 0.0435. The highest BCUT2D eigenvalue weighted by molar-refractivity contribution is 8.18. The number of imide groups is 1. The Bertz CT molecular complexity index is 1180. The first-order valence-electron chi connectivity index (χ1n) is 9.13. The Morgan fingerprint density at radius 1 is 0.871 bits per heavy atom. The van der Waals surface area contributed by atoms with Gasteiger partial charge < -0.3 is 0 Å². The fourth-order valence-electron chi connectivity index (χ4n) is 2.94. The molecule has 0 N–H and O–H groups in total. The maximum Gasteiger partial charge on any atom is 0.293 e. The average Bonchev–Trinajstić information content (AvgIpc) is 3.01. The summed E-state index contributed by atoms with van der Waals surface area (Å²) in [6.07, 6.45) is 1.75. The standard InChI is InChI=1S/C23H14Cl3NO2S2/c24-15-8-10-16(11-9-15)30-20-7-2-1-4-14(20)12-21-22(28)27(23(29)31-21)13-17-18(25)5-3-6-19(17)26/h1-12H,13H2/b21-12-. The number of hydrogen-bond acceptors (Lipinski definition) is 4. The van der Waals surface area contributed by atoms with E-state index in [0.29, 0.717) is 25.5 Å². The quantitative estimate of drug-likeness (QED) is 0.328. The molecule has 31 heavy (non-hydrogen) atoms. The van der Waals surface area contributed by atoms with Crippen LogP contribution in [-0.4, -0.2) is 16.0 Å². The molecule has 0 atom stereocenters. The van der Waals surface area contributed by atoms with Gasteiger partial charge >= 0.3 is 0 Å². The summed E-state index contributed by atoms with van der Waals surface area (Å²) >= 11 is 20.9. The van der Waals surface area contributed by atoms with E-state index in [4.69, 9.17) is 34.8 Å². The largest absolute Gasteiger partial charge is 0.293 e. The van der Waals surface area contributed by atoms with Crippen LogP contribution in [0.4, 0.5) is 4.79 Å². The van der Waals surface area contributed by atoms with Gasteiger partial charge in [0.05, 0.1) is 11.4 Å². The third kappa shape index (κ3) is 5.13. The van der Waals surface area contributed by atoms with Crippen molar-refractivity contribution in [1.82, 2.24) is 4.90 Å². The van der Waals surface area contributed by atoms with Crippen LogP contribution in [0.25, 0.3) is 6.08 Å². The van der Waals surface area contributed by atoms with Crippen molar-refractivity contribution in [3.8, 4) is 0 Å². The second-order valence-corrected chi connectivity index (χ2v) is 9.92. The molecule has 0 aliphatic carbocycles. The predicted octanol–water partition coefficient (Wildman–Crippen LogP) is 8.03. The van der Waals surface area contributed by atoms with E-state index in [1.165, 1.54) is 4.90 Å². The van der Waals surface area contributed by atoms with Crippen LogP contribution < -0.4 is 0 Å². The molecule has 1 aliphatic heterocycles. The first kappa shape index (κ1) is 22.3. The summed E-state index contributed by atoms with van der Waals surface area (Å²) in [6, 6.07) is 20.3. The lowest BCUT2D eigenvalue weighted by atomic mass is 10.2. The zero-order valence-electron chi connectivity index (χ0n) is 15.8. The lowest BCUT2D eigenvalue weighted by Crippen LogP contribution is -2.27. The van der Waals surface area contributed by atoms with Crippen LogP contribution in [0.1, 0.15) is 11.1 Å². The van der Waals surface area contributed by atoms with Gasteiger partial charge in [-0.15, -0.1) is 0 Å². The summed E-state index contributed by atoms with van der Waals surface area (Å²) < 4.78 is 0. The summed E-state index contributed by atoms with van der Waals surface area (Å²) in [6.45, 7) is 0.0294. The Hall–Kier alpha value is -1.89. The number of amides is 2. The highest BCUT2D eigenvalue weighted by Crippen LogP contribution is 2.38. The molecule has 1 fully saturated rings. The minimum Gasteiger partial charge on any atom is -0.268 e. The molecule has 1 saturated heterocycles. The van der Waals surface area contributed by atoms with Crippen molar-refractivity contribution in [2.45, 2.75) is 16.3 Å². The number of carbonyl (C=O) groups excluding carboxylic acids is 2. The number of hydrogen-bond donors (Lipinski definition) is 0. The lowest BCUT2D eigenvalue weighted by Gasteiger charge is -2.14. The molecule has 0 saturated carbocycles. The zero-order valence-corrected chi connectivity index (χ0v) is 19.8. The van der Waals surface area contributed by atoms with Crippen LogP contribution in [0, 0.1) is 0 Å². The molecular weight excluding hydrogens is 493 g/mol. The molecule has 0 bridgehead atoms. The number of halogens is 3. The molecule has 0 spiro atoms. The van der Waals surface area contributed by atoms with E-state index in [-0.39, 0.29) is 17.7 Å². The van der Waals surface area contributed by atoms with Gasteiger partial charge in [-0.25, -0.2) is 0 Å². The van der Waals surface area contributed by atoms with Crippen LogP contribution in [0.3, 0.4) is 0 Å². The monoisotopic (exact) mass is 505 g/mol. The smallest absolute Gasteiger partial charge is 0.268 e.